The highest BCUT2D eigenvalue weighted by Gasteiger charge is 2.15. The Kier molecular flexibility index (Phi) is 4.51. The van der Waals surface area contributed by atoms with Gasteiger partial charge in [-0.05, 0) is 12.1 Å². The molecule has 110 valence electrons. The molecular formula is C12H11ClN4O4. The summed E-state index contributed by atoms with van der Waals surface area (Å²) in [5.41, 5.74) is 0.131. The molecule has 1 amide bonds. The van der Waals surface area contributed by atoms with Crippen molar-refractivity contribution in [2.75, 3.05) is 12.4 Å². The molecule has 1 N–H and O–H groups in total. The number of benzene rings is 1. The molecule has 0 bridgehead atoms. The van der Waals surface area contributed by atoms with E-state index in [1.54, 1.807) is 6.20 Å². The van der Waals surface area contributed by atoms with Gasteiger partial charge in [-0.15, -0.1) is 0 Å². The third kappa shape index (κ3) is 3.56. The SMILES string of the molecule is COCn1ccc(C(=O)Nc2cc([N+](=O)[O-])ccc2Cl)n1. The highest BCUT2D eigenvalue weighted by molar-refractivity contribution is 6.34. The van der Waals surface area contributed by atoms with Crippen LogP contribution in [0, 0.1) is 10.1 Å². The van der Waals surface area contributed by atoms with Crippen LogP contribution in [0.3, 0.4) is 0 Å². The number of carbonyl (C=O) groups excluding carboxylic acids is 1. The Morgan fingerprint density at radius 2 is 2.29 bits per heavy atom. The molecule has 1 heterocycles. The average Bonchev–Trinajstić information content (AvgIpc) is 2.90. The van der Waals surface area contributed by atoms with Crippen LogP contribution in [0.15, 0.2) is 30.5 Å². The van der Waals surface area contributed by atoms with E-state index >= 15 is 0 Å². The van der Waals surface area contributed by atoms with Crippen LogP contribution in [0.5, 0.6) is 0 Å². The lowest BCUT2D eigenvalue weighted by Crippen LogP contribution is -2.14. The van der Waals surface area contributed by atoms with Gasteiger partial charge in [-0.2, -0.15) is 5.10 Å². The Morgan fingerprint density at radius 3 is 2.95 bits per heavy atom. The molecule has 2 rings (SSSR count). The van der Waals surface area contributed by atoms with Crippen LogP contribution >= 0.6 is 11.6 Å². The Bertz CT molecular complexity index is 686. The quantitative estimate of drug-likeness (QED) is 0.674. The van der Waals surface area contributed by atoms with Crippen molar-refractivity contribution in [2.45, 2.75) is 6.73 Å². The van der Waals surface area contributed by atoms with Gasteiger partial charge in [0.25, 0.3) is 11.6 Å². The van der Waals surface area contributed by atoms with Crippen molar-refractivity contribution in [1.29, 1.82) is 0 Å². The number of halogens is 1. The van der Waals surface area contributed by atoms with E-state index in [0.717, 1.165) is 0 Å². The molecule has 0 spiro atoms. The number of nitrogens with one attached hydrogen (secondary N) is 1. The molecule has 8 nitrogen and oxygen atoms in total. The van der Waals surface area contributed by atoms with E-state index in [4.69, 9.17) is 16.3 Å². The van der Waals surface area contributed by atoms with Gasteiger partial charge in [-0.25, -0.2) is 4.68 Å². The number of anilines is 1. The van der Waals surface area contributed by atoms with Crippen molar-refractivity contribution >= 4 is 28.9 Å². The lowest BCUT2D eigenvalue weighted by atomic mass is 10.2. The second-order valence-electron chi connectivity index (χ2n) is 4.03. The number of hydrogen-bond donors (Lipinski definition) is 1. The van der Waals surface area contributed by atoms with E-state index in [1.807, 2.05) is 0 Å². The van der Waals surface area contributed by atoms with Crippen molar-refractivity contribution in [1.82, 2.24) is 9.78 Å². The number of ether oxygens (including phenoxy) is 1. The lowest BCUT2D eigenvalue weighted by molar-refractivity contribution is -0.384. The molecule has 0 aliphatic rings. The van der Waals surface area contributed by atoms with Crippen LogP contribution in [0.1, 0.15) is 10.5 Å². The van der Waals surface area contributed by atoms with Gasteiger partial charge in [0, 0.05) is 25.4 Å². The minimum absolute atomic E-state index is 0.148. The molecule has 2 aromatic rings. The summed E-state index contributed by atoms with van der Waals surface area (Å²) in [5.74, 6) is -0.521. The summed E-state index contributed by atoms with van der Waals surface area (Å²) < 4.78 is 6.31. The fourth-order valence-electron chi connectivity index (χ4n) is 1.60. The van der Waals surface area contributed by atoms with Crippen LogP contribution in [0.4, 0.5) is 11.4 Å². The van der Waals surface area contributed by atoms with Crippen LogP contribution in [0.25, 0.3) is 0 Å². The van der Waals surface area contributed by atoms with Gasteiger partial charge in [0.15, 0.2) is 5.69 Å². The summed E-state index contributed by atoms with van der Waals surface area (Å²) in [6.07, 6.45) is 1.58. The van der Waals surface area contributed by atoms with Gasteiger partial charge >= 0.3 is 0 Å². The topological polar surface area (TPSA) is 99.3 Å². The average molecular weight is 311 g/mol. The standard InChI is InChI=1S/C12H11ClN4O4/c1-21-7-16-5-4-10(15-16)12(18)14-11-6-8(17(19)20)2-3-9(11)13/h2-6H,7H2,1H3,(H,14,18). The van der Waals surface area contributed by atoms with Crippen LogP contribution < -0.4 is 5.32 Å². The van der Waals surface area contributed by atoms with Gasteiger partial charge in [-0.1, -0.05) is 11.6 Å². The van der Waals surface area contributed by atoms with Gasteiger partial charge in [-0.3, -0.25) is 14.9 Å². The second-order valence-corrected chi connectivity index (χ2v) is 4.44. The molecule has 1 aromatic carbocycles. The van der Waals surface area contributed by atoms with Crippen molar-refractivity contribution < 1.29 is 14.5 Å². The number of rotatable bonds is 5. The maximum atomic E-state index is 12.0. The second kappa shape index (κ2) is 6.33. The summed E-state index contributed by atoms with van der Waals surface area (Å²) in [5, 5.41) is 17.4. The predicted octanol–water partition coefficient (Wildman–Crippen LogP) is 2.30. The van der Waals surface area contributed by atoms with E-state index in [1.165, 1.54) is 36.1 Å². The molecule has 9 heteroatoms. The molecule has 0 atom stereocenters. The van der Waals surface area contributed by atoms with E-state index in [9.17, 15) is 14.9 Å². The molecule has 0 fully saturated rings. The highest BCUT2D eigenvalue weighted by atomic mass is 35.5. The highest BCUT2D eigenvalue weighted by Crippen LogP contribution is 2.26. The molecule has 21 heavy (non-hydrogen) atoms. The Morgan fingerprint density at radius 1 is 1.52 bits per heavy atom. The number of non-ortho nitro benzene ring substituents is 1. The molecule has 1 aromatic heterocycles. The minimum Gasteiger partial charge on any atom is -0.362 e. The first-order valence-electron chi connectivity index (χ1n) is 5.79. The fourth-order valence-corrected chi connectivity index (χ4v) is 1.76. The molecule has 0 radical (unpaired) electrons. The van der Waals surface area contributed by atoms with Gasteiger partial charge in [0.2, 0.25) is 0 Å². The number of nitro groups is 1. The third-order valence-electron chi connectivity index (χ3n) is 2.54. The molecule has 0 saturated carbocycles. The number of carbonyl (C=O) groups is 1. The normalized spacial score (nSPS) is 10.4. The lowest BCUT2D eigenvalue weighted by Gasteiger charge is -2.05. The monoisotopic (exact) mass is 310 g/mol. The Hall–Kier alpha value is -2.45. The van der Waals surface area contributed by atoms with Crippen molar-refractivity contribution in [2.24, 2.45) is 0 Å². The van der Waals surface area contributed by atoms with Crippen LogP contribution in [-0.2, 0) is 11.5 Å². The number of methoxy groups -OCH3 is 1. The molecule has 0 unspecified atom stereocenters. The summed E-state index contributed by atoms with van der Waals surface area (Å²) >= 11 is 5.90. The number of nitro benzene ring substituents is 1. The van der Waals surface area contributed by atoms with Crippen LogP contribution in [-0.4, -0.2) is 27.7 Å². The zero-order valence-electron chi connectivity index (χ0n) is 10.9. The summed E-state index contributed by atoms with van der Waals surface area (Å²) in [6, 6.07) is 5.29. The van der Waals surface area contributed by atoms with Crippen molar-refractivity contribution in [3.05, 3.63) is 51.3 Å². The maximum absolute atomic E-state index is 12.0. The third-order valence-corrected chi connectivity index (χ3v) is 2.87. The number of nitrogens with zero attached hydrogens (tertiary/aromatic N) is 3. The van der Waals surface area contributed by atoms with E-state index in [0.29, 0.717) is 0 Å². The first-order valence-corrected chi connectivity index (χ1v) is 6.16. The number of aromatic nitrogens is 2. The summed E-state index contributed by atoms with van der Waals surface area (Å²) in [6.45, 7) is 0.213. The molecule has 0 aliphatic heterocycles. The van der Waals surface area contributed by atoms with Gasteiger partial charge in [0.1, 0.15) is 6.73 Å². The Labute approximate surface area is 124 Å². The van der Waals surface area contributed by atoms with Crippen molar-refractivity contribution in [3.8, 4) is 0 Å². The molecular weight excluding hydrogens is 300 g/mol. The smallest absolute Gasteiger partial charge is 0.276 e. The largest absolute Gasteiger partial charge is 0.362 e. The van der Waals surface area contributed by atoms with Crippen LogP contribution in [0.2, 0.25) is 5.02 Å². The summed E-state index contributed by atoms with van der Waals surface area (Å²) in [7, 11) is 1.50. The van der Waals surface area contributed by atoms with Gasteiger partial charge < -0.3 is 10.1 Å². The Balaban J connectivity index is 2.18. The zero-order chi connectivity index (χ0) is 15.4. The van der Waals surface area contributed by atoms with E-state index < -0.39 is 10.8 Å². The fraction of sp³-hybridized carbons (Fsp3) is 0.167. The number of hydrogen-bond acceptors (Lipinski definition) is 5. The van der Waals surface area contributed by atoms with E-state index in [2.05, 4.69) is 10.4 Å². The first-order chi connectivity index (χ1) is 10.0. The van der Waals surface area contributed by atoms with Crippen molar-refractivity contribution in [3.63, 3.8) is 0 Å². The van der Waals surface area contributed by atoms with Gasteiger partial charge in [0.05, 0.1) is 15.6 Å². The maximum Gasteiger partial charge on any atom is 0.276 e. The first kappa shape index (κ1) is 14.9. The molecule has 0 saturated heterocycles. The number of amides is 1. The minimum atomic E-state index is -0.570. The predicted molar refractivity (Wildman–Crippen MR) is 75.3 cm³/mol. The zero-order valence-corrected chi connectivity index (χ0v) is 11.7. The summed E-state index contributed by atoms with van der Waals surface area (Å²) in [4.78, 5) is 22.2. The molecule has 0 aliphatic carbocycles. The van der Waals surface area contributed by atoms with E-state index in [-0.39, 0.29) is 28.8 Å².